The number of rotatable bonds is 3. The molecule has 0 unspecified atom stereocenters. The van der Waals surface area contributed by atoms with E-state index in [0.717, 1.165) is 10.0 Å². The summed E-state index contributed by atoms with van der Waals surface area (Å²) in [7, 11) is 0. The van der Waals surface area contributed by atoms with Crippen LogP contribution >= 0.6 is 15.9 Å². The maximum absolute atomic E-state index is 12.1. The summed E-state index contributed by atoms with van der Waals surface area (Å²) < 4.78 is 0.828. The Hall–Kier alpha value is -1.61. The summed E-state index contributed by atoms with van der Waals surface area (Å²) in [6.45, 7) is 2.03. The fourth-order valence-electron chi connectivity index (χ4n) is 1.77. The molecule has 0 saturated heterocycles. The zero-order valence-corrected chi connectivity index (χ0v) is 11.7. The Labute approximate surface area is 115 Å². The summed E-state index contributed by atoms with van der Waals surface area (Å²) in [4.78, 5) is 12.1. The molecule has 0 aliphatic heterocycles. The first-order chi connectivity index (χ1) is 8.54. The molecule has 0 heterocycles. The van der Waals surface area contributed by atoms with Crippen LogP contribution in [0.15, 0.2) is 46.9 Å². The average Bonchev–Trinajstić information content (AvgIpc) is 2.31. The van der Waals surface area contributed by atoms with Crippen LogP contribution in [-0.4, -0.2) is 5.78 Å². The molecule has 2 aromatic carbocycles. The van der Waals surface area contributed by atoms with Crippen molar-refractivity contribution in [1.29, 1.82) is 0 Å². The Morgan fingerprint density at radius 2 is 1.83 bits per heavy atom. The van der Waals surface area contributed by atoms with E-state index in [1.54, 1.807) is 18.2 Å². The number of hydrogen-bond acceptors (Lipinski definition) is 2. The average molecular weight is 304 g/mol. The lowest BCUT2D eigenvalue weighted by atomic mass is 10.0. The van der Waals surface area contributed by atoms with Gasteiger partial charge in [-0.2, -0.15) is 0 Å². The van der Waals surface area contributed by atoms with E-state index in [1.807, 2.05) is 31.2 Å². The van der Waals surface area contributed by atoms with Gasteiger partial charge in [-0.25, -0.2) is 0 Å². The summed E-state index contributed by atoms with van der Waals surface area (Å²) in [6.07, 6.45) is 0.399. The standard InChI is InChI=1S/C15H14BrNO/c1-10-2-4-11(5-3-10)6-15(18)12-7-13(16)9-14(17)8-12/h2-5,7-9H,6,17H2,1H3. The molecule has 0 radical (unpaired) electrons. The molecular formula is C15H14BrNO. The molecule has 0 aliphatic rings. The molecule has 2 rings (SSSR count). The van der Waals surface area contributed by atoms with Gasteiger partial charge in [-0.1, -0.05) is 45.8 Å². The zero-order valence-electron chi connectivity index (χ0n) is 10.1. The highest BCUT2D eigenvalue weighted by Crippen LogP contribution is 2.19. The van der Waals surface area contributed by atoms with E-state index in [9.17, 15) is 4.79 Å². The minimum atomic E-state index is 0.0758. The van der Waals surface area contributed by atoms with Gasteiger partial charge < -0.3 is 5.73 Å². The Morgan fingerprint density at radius 1 is 1.17 bits per heavy atom. The van der Waals surface area contributed by atoms with Gasteiger partial charge in [-0.05, 0) is 30.7 Å². The zero-order chi connectivity index (χ0) is 13.1. The summed E-state index contributed by atoms with van der Waals surface area (Å²) in [5.74, 6) is 0.0758. The quantitative estimate of drug-likeness (QED) is 0.693. The Balaban J connectivity index is 2.19. The summed E-state index contributed by atoms with van der Waals surface area (Å²) in [5.41, 5.74) is 9.17. The predicted molar refractivity (Wildman–Crippen MR) is 77.8 cm³/mol. The van der Waals surface area contributed by atoms with Crippen LogP contribution in [0, 0.1) is 6.92 Å². The number of carbonyl (C=O) groups is 1. The Morgan fingerprint density at radius 3 is 2.44 bits per heavy atom. The third-order valence-corrected chi connectivity index (χ3v) is 3.19. The summed E-state index contributed by atoms with van der Waals surface area (Å²) >= 11 is 3.34. The Kier molecular flexibility index (Phi) is 3.82. The van der Waals surface area contributed by atoms with Crippen molar-refractivity contribution < 1.29 is 4.79 Å². The normalized spacial score (nSPS) is 10.3. The molecule has 0 saturated carbocycles. The number of aryl methyl sites for hydroxylation is 1. The number of anilines is 1. The number of ketones is 1. The van der Waals surface area contributed by atoms with E-state index in [4.69, 9.17) is 5.73 Å². The first kappa shape index (κ1) is 12.8. The molecule has 0 aliphatic carbocycles. The van der Waals surface area contributed by atoms with Crippen LogP contribution in [0.5, 0.6) is 0 Å². The van der Waals surface area contributed by atoms with Crippen LogP contribution in [0.2, 0.25) is 0 Å². The smallest absolute Gasteiger partial charge is 0.167 e. The van der Waals surface area contributed by atoms with Gasteiger partial charge in [0, 0.05) is 22.1 Å². The predicted octanol–water partition coefficient (Wildman–Crippen LogP) is 3.77. The highest BCUT2D eigenvalue weighted by Gasteiger charge is 2.08. The number of halogens is 1. The van der Waals surface area contributed by atoms with E-state index >= 15 is 0 Å². The fraction of sp³-hybridized carbons (Fsp3) is 0.133. The van der Waals surface area contributed by atoms with Crippen molar-refractivity contribution in [3.8, 4) is 0 Å². The molecule has 0 spiro atoms. The van der Waals surface area contributed by atoms with Gasteiger partial charge in [0.25, 0.3) is 0 Å². The van der Waals surface area contributed by atoms with Crippen molar-refractivity contribution in [2.75, 3.05) is 5.73 Å². The van der Waals surface area contributed by atoms with Crippen LogP contribution in [0.4, 0.5) is 5.69 Å². The number of Topliss-reactive ketones (excluding diaryl/α,β-unsaturated/α-hetero) is 1. The third kappa shape index (κ3) is 3.20. The van der Waals surface area contributed by atoms with Crippen molar-refractivity contribution in [2.45, 2.75) is 13.3 Å². The largest absolute Gasteiger partial charge is 0.399 e. The van der Waals surface area contributed by atoms with E-state index in [2.05, 4.69) is 15.9 Å². The van der Waals surface area contributed by atoms with Gasteiger partial charge >= 0.3 is 0 Å². The number of carbonyl (C=O) groups excluding carboxylic acids is 1. The molecule has 0 aromatic heterocycles. The molecule has 2 N–H and O–H groups in total. The SMILES string of the molecule is Cc1ccc(CC(=O)c2cc(N)cc(Br)c2)cc1. The van der Waals surface area contributed by atoms with Gasteiger partial charge in [0.05, 0.1) is 0 Å². The third-order valence-electron chi connectivity index (χ3n) is 2.73. The number of hydrogen-bond donors (Lipinski definition) is 1. The molecule has 3 heteroatoms. The molecule has 0 bridgehead atoms. The van der Waals surface area contributed by atoms with Gasteiger partial charge in [0.1, 0.15) is 0 Å². The van der Waals surface area contributed by atoms with Crippen LogP contribution in [0.3, 0.4) is 0 Å². The lowest BCUT2D eigenvalue weighted by Crippen LogP contribution is -2.04. The molecule has 0 fully saturated rings. The monoisotopic (exact) mass is 303 g/mol. The topological polar surface area (TPSA) is 43.1 Å². The molecule has 92 valence electrons. The maximum atomic E-state index is 12.1. The van der Waals surface area contributed by atoms with Gasteiger partial charge in [-0.15, -0.1) is 0 Å². The lowest BCUT2D eigenvalue weighted by molar-refractivity contribution is 0.0993. The highest BCUT2D eigenvalue weighted by atomic mass is 79.9. The maximum Gasteiger partial charge on any atom is 0.167 e. The second-order valence-electron chi connectivity index (χ2n) is 4.36. The van der Waals surface area contributed by atoms with Crippen molar-refractivity contribution >= 4 is 27.4 Å². The Bertz CT molecular complexity index is 555. The summed E-state index contributed by atoms with van der Waals surface area (Å²) in [5, 5.41) is 0. The highest BCUT2D eigenvalue weighted by molar-refractivity contribution is 9.10. The first-order valence-corrected chi connectivity index (χ1v) is 6.49. The van der Waals surface area contributed by atoms with E-state index in [0.29, 0.717) is 17.7 Å². The van der Waals surface area contributed by atoms with Crippen molar-refractivity contribution in [3.05, 3.63) is 63.6 Å². The van der Waals surface area contributed by atoms with Crippen molar-refractivity contribution in [2.24, 2.45) is 0 Å². The fourth-order valence-corrected chi connectivity index (χ4v) is 2.28. The van der Waals surface area contributed by atoms with Crippen molar-refractivity contribution in [1.82, 2.24) is 0 Å². The van der Waals surface area contributed by atoms with Crippen LogP contribution in [0.1, 0.15) is 21.5 Å². The van der Waals surface area contributed by atoms with Crippen molar-refractivity contribution in [3.63, 3.8) is 0 Å². The van der Waals surface area contributed by atoms with Crippen LogP contribution < -0.4 is 5.73 Å². The minimum absolute atomic E-state index is 0.0758. The van der Waals surface area contributed by atoms with Crippen LogP contribution in [-0.2, 0) is 6.42 Å². The molecule has 2 aromatic rings. The van der Waals surface area contributed by atoms with Crippen LogP contribution in [0.25, 0.3) is 0 Å². The number of benzene rings is 2. The van der Waals surface area contributed by atoms with E-state index in [1.165, 1.54) is 5.56 Å². The molecule has 18 heavy (non-hydrogen) atoms. The second-order valence-corrected chi connectivity index (χ2v) is 5.27. The first-order valence-electron chi connectivity index (χ1n) is 5.69. The minimum Gasteiger partial charge on any atom is -0.399 e. The van der Waals surface area contributed by atoms with Gasteiger partial charge in [-0.3, -0.25) is 4.79 Å². The molecule has 2 nitrogen and oxygen atoms in total. The molecule has 0 amide bonds. The molecular weight excluding hydrogens is 290 g/mol. The van der Waals surface area contributed by atoms with E-state index in [-0.39, 0.29) is 5.78 Å². The van der Waals surface area contributed by atoms with Gasteiger partial charge in [0.2, 0.25) is 0 Å². The molecule has 0 atom stereocenters. The number of nitrogen functional groups attached to an aromatic ring is 1. The summed E-state index contributed by atoms with van der Waals surface area (Å²) in [6, 6.07) is 13.3. The van der Waals surface area contributed by atoms with Gasteiger partial charge in [0.15, 0.2) is 5.78 Å². The number of nitrogens with two attached hydrogens (primary N) is 1. The van der Waals surface area contributed by atoms with E-state index < -0.39 is 0 Å². The second kappa shape index (κ2) is 5.36. The lowest BCUT2D eigenvalue weighted by Gasteiger charge is -2.04.